The van der Waals surface area contributed by atoms with Gasteiger partial charge in [-0.1, -0.05) is 12.1 Å². The first-order valence-electron chi connectivity index (χ1n) is 10.0. The van der Waals surface area contributed by atoms with E-state index in [4.69, 9.17) is 4.74 Å². The average molecular weight is 443 g/mol. The Kier molecular flexibility index (Phi) is 6.50. The molecule has 8 nitrogen and oxygen atoms in total. The maximum Gasteiger partial charge on any atom is 0.354 e. The molecule has 1 aromatic heterocycles. The van der Waals surface area contributed by atoms with Gasteiger partial charge in [0.25, 0.3) is 11.7 Å². The van der Waals surface area contributed by atoms with Crippen LogP contribution >= 0.6 is 0 Å². The summed E-state index contributed by atoms with van der Waals surface area (Å²) in [6.45, 7) is 3.90. The number of benzene rings is 1. The largest absolute Gasteiger partial charge is 0.507 e. The summed E-state index contributed by atoms with van der Waals surface area (Å²) in [5, 5.41) is 11.2. The number of rotatable bonds is 6. The lowest BCUT2D eigenvalue weighted by Gasteiger charge is -2.26. The molecule has 0 saturated carbocycles. The summed E-state index contributed by atoms with van der Waals surface area (Å²) in [6, 6.07) is 4.62. The van der Waals surface area contributed by atoms with Crippen LogP contribution in [0.5, 0.6) is 0 Å². The number of carbonyl (C=O) groups is 3. The molecule has 1 unspecified atom stereocenters. The molecule has 1 atom stereocenters. The van der Waals surface area contributed by atoms with Gasteiger partial charge in [-0.3, -0.25) is 9.59 Å². The standard InChI is InChI=1S/C23H26FN3O5/c1-12-16(13(2)25-18(12)23(31)32-5)20(28)17-19(14-7-6-8-15(24)11-14)27(10-9-26(3)4)22(30)21(17)29/h6-8,11,19,25,28H,9-10H2,1-5H3/b20-17+. The first-order chi connectivity index (χ1) is 15.1. The Balaban J connectivity index is 2.23. The maximum absolute atomic E-state index is 14.0. The molecule has 1 aliphatic rings. The highest BCUT2D eigenvalue weighted by Crippen LogP contribution is 2.40. The second-order valence-electron chi connectivity index (χ2n) is 7.97. The fourth-order valence-electron chi connectivity index (χ4n) is 3.99. The molecule has 1 aromatic carbocycles. The van der Waals surface area contributed by atoms with Crippen molar-refractivity contribution in [3.63, 3.8) is 0 Å². The summed E-state index contributed by atoms with van der Waals surface area (Å²) in [5.41, 5.74) is 1.39. The molecule has 0 spiro atoms. The Bertz CT molecular complexity index is 1120. The van der Waals surface area contributed by atoms with Crippen molar-refractivity contribution in [2.24, 2.45) is 0 Å². The Morgan fingerprint density at radius 3 is 2.56 bits per heavy atom. The Morgan fingerprint density at radius 2 is 1.97 bits per heavy atom. The SMILES string of the molecule is COC(=O)c1[nH]c(C)c(/C(O)=C2\C(=O)C(=O)N(CCN(C)C)C2c2cccc(F)c2)c1C. The molecule has 1 amide bonds. The number of methoxy groups -OCH3 is 1. The van der Waals surface area contributed by atoms with Crippen LogP contribution in [0.1, 0.15) is 38.9 Å². The second-order valence-corrected chi connectivity index (χ2v) is 7.97. The number of nitrogens with zero attached hydrogens (tertiary/aromatic N) is 2. The molecule has 1 fully saturated rings. The number of aromatic nitrogens is 1. The number of hydrogen-bond acceptors (Lipinski definition) is 6. The zero-order chi connectivity index (χ0) is 23.7. The van der Waals surface area contributed by atoms with Crippen LogP contribution in [0.15, 0.2) is 29.8 Å². The molecule has 0 radical (unpaired) electrons. The molecule has 0 bridgehead atoms. The van der Waals surface area contributed by atoms with Gasteiger partial charge < -0.3 is 24.6 Å². The van der Waals surface area contributed by atoms with Gasteiger partial charge in [0.1, 0.15) is 17.3 Å². The second kappa shape index (κ2) is 8.96. The van der Waals surface area contributed by atoms with E-state index in [-0.39, 0.29) is 23.4 Å². The number of carbonyl (C=O) groups excluding carboxylic acids is 3. The molecule has 3 rings (SSSR count). The van der Waals surface area contributed by atoms with E-state index in [0.29, 0.717) is 23.4 Å². The predicted octanol–water partition coefficient (Wildman–Crippen LogP) is 2.54. The van der Waals surface area contributed by atoms with Crippen molar-refractivity contribution in [1.29, 1.82) is 0 Å². The number of likely N-dealkylation sites (N-methyl/N-ethyl adjacent to an activating group) is 1. The number of H-pyrrole nitrogens is 1. The van der Waals surface area contributed by atoms with E-state index >= 15 is 0 Å². The molecular weight excluding hydrogens is 417 g/mol. The smallest absolute Gasteiger partial charge is 0.354 e. The summed E-state index contributed by atoms with van der Waals surface area (Å²) in [6.07, 6.45) is 0. The zero-order valence-corrected chi connectivity index (χ0v) is 18.7. The first-order valence-corrected chi connectivity index (χ1v) is 10.0. The summed E-state index contributed by atoms with van der Waals surface area (Å²) in [7, 11) is 4.89. The van der Waals surface area contributed by atoms with Crippen molar-refractivity contribution in [2.45, 2.75) is 19.9 Å². The van der Waals surface area contributed by atoms with E-state index in [1.807, 2.05) is 19.0 Å². The van der Waals surface area contributed by atoms with Crippen LogP contribution < -0.4 is 0 Å². The van der Waals surface area contributed by atoms with Crippen LogP contribution in [0, 0.1) is 19.7 Å². The minimum atomic E-state index is -0.971. The van der Waals surface area contributed by atoms with Crippen LogP contribution in [0.3, 0.4) is 0 Å². The number of hydrogen-bond donors (Lipinski definition) is 2. The van der Waals surface area contributed by atoms with Gasteiger partial charge in [-0.05, 0) is 51.2 Å². The monoisotopic (exact) mass is 443 g/mol. The molecule has 32 heavy (non-hydrogen) atoms. The van der Waals surface area contributed by atoms with Crippen molar-refractivity contribution >= 4 is 23.4 Å². The number of amides is 1. The van der Waals surface area contributed by atoms with Gasteiger partial charge in [-0.2, -0.15) is 0 Å². The van der Waals surface area contributed by atoms with E-state index in [2.05, 4.69) is 4.98 Å². The summed E-state index contributed by atoms with van der Waals surface area (Å²) in [4.78, 5) is 44.1. The molecule has 1 aliphatic heterocycles. The van der Waals surface area contributed by atoms with Crippen molar-refractivity contribution in [3.8, 4) is 0 Å². The lowest BCUT2D eigenvalue weighted by Crippen LogP contribution is -2.35. The number of ketones is 1. The molecule has 2 aromatic rings. The number of aliphatic hydroxyl groups excluding tert-OH is 1. The molecule has 2 heterocycles. The maximum atomic E-state index is 14.0. The van der Waals surface area contributed by atoms with Gasteiger partial charge in [-0.15, -0.1) is 0 Å². The number of aromatic amines is 1. The van der Waals surface area contributed by atoms with Crippen LogP contribution in [-0.4, -0.2) is 71.8 Å². The molecule has 9 heteroatoms. The fraction of sp³-hybridized carbons (Fsp3) is 0.348. The fourth-order valence-corrected chi connectivity index (χ4v) is 3.99. The topological polar surface area (TPSA) is 103 Å². The van der Waals surface area contributed by atoms with E-state index in [0.717, 1.165) is 0 Å². The quantitative estimate of drug-likeness (QED) is 0.308. The number of esters is 1. The highest BCUT2D eigenvalue weighted by atomic mass is 19.1. The lowest BCUT2D eigenvalue weighted by molar-refractivity contribution is -0.140. The predicted molar refractivity (Wildman–Crippen MR) is 116 cm³/mol. The van der Waals surface area contributed by atoms with Crippen molar-refractivity contribution < 1.29 is 28.6 Å². The lowest BCUT2D eigenvalue weighted by atomic mass is 9.94. The Labute approximate surface area is 185 Å². The van der Waals surface area contributed by atoms with Crippen LogP contribution in [-0.2, 0) is 14.3 Å². The van der Waals surface area contributed by atoms with Gasteiger partial charge in [0.15, 0.2) is 0 Å². The highest BCUT2D eigenvalue weighted by Gasteiger charge is 2.46. The number of halogens is 1. The van der Waals surface area contributed by atoms with Gasteiger partial charge in [0.05, 0.1) is 18.7 Å². The third kappa shape index (κ3) is 4.03. The number of Topliss-reactive ketones (excluding diaryl/α,β-unsaturated/α-hetero) is 1. The molecule has 170 valence electrons. The minimum absolute atomic E-state index is 0.135. The summed E-state index contributed by atoms with van der Waals surface area (Å²) >= 11 is 0. The van der Waals surface area contributed by atoms with Gasteiger partial charge in [-0.25, -0.2) is 9.18 Å². The first kappa shape index (κ1) is 23.2. The third-order valence-corrected chi connectivity index (χ3v) is 5.56. The van der Waals surface area contributed by atoms with Gasteiger partial charge >= 0.3 is 5.97 Å². The van der Waals surface area contributed by atoms with Crippen LogP contribution in [0.2, 0.25) is 0 Å². The van der Waals surface area contributed by atoms with E-state index in [1.54, 1.807) is 19.9 Å². The molecule has 2 N–H and O–H groups in total. The van der Waals surface area contributed by atoms with Crippen molar-refractivity contribution in [1.82, 2.24) is 14.8 Å². The third-order valence-electron chi connectivity index (χ3n) is 5.56. The van der Waals surface area contributed by atoms with E-state index < -0.39 is 35.3 Å². The number of nitrogens with one attached hydrogen (secondary N) is 1. The summed E-state index contributed by atoms with van der Waals surface area (Å²) < 4.78 is 18.8. The number of likely N-dealkylation sites (tertiary alicyclic amines) is 1. The number of aryl methyl sites for hydroxylation is 1. The zero-order valence-electron chi connectivity index (χ0n) is 18.7. The summed E-state index contributed by atoms with van der Waals surface area (Å²) in [5.74, 6) is -3.22. The van der Waals surface area contributed by atoms with Crippen molar-refractivity contribution in [2.75, 3.05) is 34.3 Å². The van der Waals surface area contributed by atoms with Crippen LogP contribution in [0.25, 0.3) is 5.76 Å². The average Bonchev–Trinajstić information content (AvgIpc) is 3.18. The minimum Gasteiger partial charge on any atom is -0.507 e. The van der Waals surface area contributed by atoms with Gasteiger partial charge in [0, 0.05) is 24.3 Å². The van der Waals surface area contributed by atoms with Gasteiger partial charge in [0.2, 0.25) is 0 Å². The Hall–Kier alpha value is -3.46. The number of aliphatic hydroxyl groups is 1. The van der Waals surface area contributed by atoms with Crippen molar-refractivity contribution in [3.05, 3.63) is 63.7 Å². The van der Waals surface area contributed by atoms with E-state index in [9.17, 15) is 23.9 Å². The van der Waals surface area contributed by atoms with E-state index in [1.165, 1.54) is 30.2 Å². The normalized spacial score (nSPS) is 18.0. The molecular formula is C23H26FN3O5. The highest BCUT2D eigenvalue weighted by molar-refractivity contribution is 6.46. The van der Waals surface area contributed by atoms with Crippen LogP contribution in [0.4, 0.5) is 4.39 Å². The molecule has 1 saturated heterocycles. The molecule has 0 aliphatic carbocycles. The number of ether oxygens (including phenoxy) is 1. The Morgan fingerprint density at radius 1 is 1.28 bits per heavy atom.